The van der Waals surface area contributed by atoms with Crippen molar-refractivity contribution in [2.24, 2.45) is 0 Å². The van der Waals surface area contributed by atoms with Crippen molar-refractivity contribution in [3.63, 3.8) is 0 Å². The average Bonchev–Trinajstić information content (AvgIpc) is 1.63. The molecule has 0 aliphatic carbocycles. The molecule has 148 heavy (non-hydrogen) atoms. The third kappa shape index (κ3) is 24.6. The van der Waals surface area contributed by atoms with Crippen LogP contribution < -0.4 is 91.8 Å². The molecular formula is C72H87N27O35P7S7-7. The largest absolute Gasteiger partial charge is 0.780 e. The molecule has 29 atom stereocenters. The molecule has 7 saturated heterocycles. The molecule has 0 aromatic carbocycles. The van der Waals surface area contributed by atoms with Gasteiger partial charge in [0.25, 0.3) is 16.7 Å². The van der Waals surface area contributed by atoms with E-state index in [2.05, 4.69) is 74.8 Å². The number of hydrogen-bond donors (Lipinski definition) is 9. The van der Waals surface area contributed by atoms with Gasteiger partial charge < -0.3 is 172 Å². The van der Waals surface area contributed by atoms with E-state index < -0.39 is 262 Å². The standard InChI is InChI=1S/C72H94N27O35P7S7/c1-6-32-33(7-45(121-32)94-14-30(3)65(101)91-71(94)105)129-136(108,143)115-17-40-35(8-46(122-40)93-13-29(2)57(73)88-70(93)104)130-140(112,147)120-21-44-56(55(100)68(127-44)95-15-31(4)66(102)92-72(95)106)134-141(113,148)119-20-43-38(12-49(125-43)98-27-86-53-60(76)80-24-83-63(53)98)133-139(111,146)118-19-42-37(11-48(124-42)97-26-85-52-59(75)79-23-82-62(52)97)132-138(110,145)117-18-41-36(10-47(123-41)96-25-84-51-58(74)78-22-81-61(51)96)131-137(109,144)116-16-39-34(128-135(107,142)114-5)9-50(126-39)99-28-87-54-64(99)89-69(77)90-67(54)103/h13-15,22-28,32-50,55-56,68,100H,6-12,16-21H2,1-5H3,(H,107,142)(H,108,143)(H,109,144)(H,110,145)(H,111,146)(H,112,147)(H,113,148)(H2,73,88,104)(H2,74,78,81)(H2,75,79,82)(H2,76,80,83)(H,91,101,105)(H,92,102,106)(H3,77,89,90,103)/p-7/t32-,33?,34?,35?,36?,37?,38?,39-,40-,41-,42-,43-,44-,45-,46-,47-,48-,49-,50-,55+,56?,68-,135?,136?,137?,138?,139?,140?,141?/m1/s1. The number of aromatic nitrogens is 22. The number of anilines is 5. The van der Waals surface area contributed by atoms with Crippen LogP contribution in [0.15, 0.2) is 91.6 Å². The van der Waals surface area contributed by atoms with Crippen LogP contribution in [0, 0.1) is 20.8 Å². The summed E-state index contributed by atoms with van der Waals surface area (Å²) < 4.78 is 149. The molecule has 7 aliphatic rings. The van der Waals surface area contributed by atoms with Crippen molar-refractivity contribution < 1.29 is 136 Å². The lowest BCUT2D eigenvalue weighted by atomic mass is 10.1. The quantitative estimate of drug-likeness (QED) is 0.0135. The average molecular weight is 2330 g/mol. The number of imidazole rings is 4. The number of fused-ring (bicyclic) bond motifs is 4. The van der Waals surface area contributed by atoms with Gasteiger partial charge in [-0.1, -0.05) is 77.8 Å². The highest BCUT2D eigenvalue weighted by molar-refractivity contribution is 8.32. The van der Waals surface area contributed by atoms with Gasteiger partial charge in [0.1, 0.15) is 168 Å². The van der Waals surface area contributed by atoms with Gasteiger partial charge in [0, 0.05) is 80.9 Å². The molecule has 804 valence electrons. The number of nitrogens with two attached hydrogens (primary N) is 5. The van der Waals surface area contributed by atoms with E-state index >= 15 is 14.7 Å². The fraction of sp³-hybridized carbons (Fsp3) is 0.556. The van der Waals surface area contributed by atoms with Gasteiger partial charge in [0.2, 0.25) is 5.95 Å². The molecule has 11 aromatic heterocycles. The maximum Gasteiger partial charge on any atom is 0.351 e. The summed E-state index contributed by atoms with van der Waals surface area (Å²) in [6.45, 7) is -33.0. The first kappa shape index (κ1) is 110. The van der Waals surface area contributed by atoms with Gasteiger partial charge in [-0.05, 0) is 27.2 Å². The molecule has 0 radical (unpaired) electrons. The summed E-state index contributed by atoms with van der Waals surface area (Å²) in [4.78, 5) is 222. The number of aromatic amines is 3. The molecule has 0 saturated carbocycles. The highest BCUT2D eigenvalue weighted by atomic mass is 32.7. The number of rotatable bonds is 41. The van der Waals surface area contributed by atoms with Gasteiger partial charge in [-0.15, -0.1) is 0 Å². The first-order valence-corrected chi connectivity index (χ1v) is 62.0. The second-order valence-corrected chi connectivity index (χ2v) is 53.2. The normalized spacial score (nSPS) is 29.8. The Labute approximate surface area is 866 Å². The smallest absolute Gasteiger partial charge is 0.351 e. The summed E-state index contributed by atoms with van der Waals surface area (Å²) in [6, 6.07) is 0. The number of H-pyrrole nitrogens is 3. The zero-order valence-electron chi connectivity index (χ0n) is 76.9. The predicted octanol–water partition coefficient (Wildman–Crippen LogP) is -3.17. The van der Waals surface area contributed by atoms with Crippen molar-refractivity contribution in [3.05, 3.63) is 142 Å². The number of nitrogens with zero attached hydrogens (tertiary/aromatic N) is 19. The minimum Gasteiger partial charge on any atom is -0.780 e. The van der Waals surface area contributed by atoms with Crippen LogP contribution in [0.1, 0.15) is 112 Å². The van der Waals surface area contributed by atoms with Crippen LogP contribution in [0.5, 0.6) is 0 Å². The molecule has 0 bridgehead atoms. The van der Waals surface area contributed by atoms with Crippen molar-refractivity contribution in [1.82, 2.24) is 107 Å². The molecule has 14 N–H and O–H groups in total. The Morgan fingerprint density at radius 1 is 0.392 bits per heavy atom. The monoisotopic (exact) mass is 2330 g/mol. The van der Waals surface area contributed by atoms with Crippen molar-refractivity contribution in [2.75, 3.05) is 75.4 Å². The third-order valence-corrected chi connectivity index (χ3v) is 35.5. The number of ether oxygens (including phenoxy) is 7. The van der Waals surface area contributed by atoms with E-state index in [4.69, 9.17) is 208 Å². The topological polar surface area (TPSA) is 839 Å². The van der Waals surface area contributed by atoms with E-state index in [0.29, 0.717) is 5.56 Å². The van der Waals surface area contributed by atoms with Crippen LogP contribution in [0.25, 0.3) is 44.7 Å². The Morgan fingerprint density at radius 2 is 0.723 bits per heavy atom. The molecule has 0 spiro atoms. The van der Waals surface area contributed by atoms with E-state index in [-0.39, 0.29) is 124 Å². The molecule has 14 unspecified atom stereocenters. The van der Waals surface area contributed by atoms with Crippen LogP contribution >= 0.6 is 47.1 Å². The number of nitrogens with one attached hydrogen (secondary N) is 3. The molecule has 18 heterocycles. The van der Waals surface area contributed by atoms with Gasteiger partial charge in [-0.2, -0.15) is 9.97 Å². The second-order valence-electron chi connectivity index (χ2n) is 34.2. The van der Waals surface area contributed by atoms with Crippen LogP contribution in [0.4, 0.5) is 29.2 Å². The summed E-state index contributed by atoms with van der Waals surface area (Å²) >= 11 is 38.2. The van der Waals surface area contributed by atoms with Crippen LogP contribution in [-0.4, -0.2) is 250 Å². The van der Waals surface area contributed by atoms with E-state index in [1.165, 1.54) is 76.7 Å². The van der Waals surface area contributed by atoms with Crippen LogP contribution in [0.2, 0.25) is 0 Å². The van der Waals surface area contributed by atoms with Crippen LogP contribution in [-0.2, 0) is 184 Å². The lowest BCUT2D eigenvalue weighted by Gasteiger charge is -2.37. The molecule has 18 rings (SSSR count). The SMILES string of the molecule is CC[C@H]1O[C@@H](n2cc(C)c(=O)[nH]c2=O)CC1OP([O-])(=S)OC[C@H]1O[C@@H](n2cc(C)c(N)nc2=O)CC1OP(=O)([S-])OC[C@H]1O[C@@H](n2cc(C)c(=O)[nH]c2=O)[C@@H](O)C1OP([O-])(=S)OC[C@H]1O[C@@H](n2cnc3c(N)ncnc32)CC1OP([O-])(=S)OC[C@H]1O[C@@H](n2cnc3c(N)ncnc32)CC1OP([O-])(=S)OC[C@H]1O[C@@H](n2cnc3c(N)ncnc32)CC1OP([O-])(=S)OC[C@H]1O[C@@H](n2cnc3c(=O)[nH]c(N)nc32)CC1OP([O-])(=S)OC. The van der Waals surface area contributed by atoms with Crippen molar-refractivity contribution in [3.8, 4) is 0 Å². The number of aliphatic hydroxyl groups excluding tert-OH is 1. The third-order valence-electron chi connectivity index (χ3n) is 24.5. The maximum absolute atomic E-state index is 15.1. The molecule has 0 amide bonds. The minimum absolute atomic E-state index is 0.00870. The van der Waals surface area contributed by atoms with Crippen molar-refractivity contribution in [1.29, 1.82) is 0 Å². The Morgan fingerprint density at radius 3 is 1.13 bits per heavy atom. The minimum atomic E-state index is -5.21. The predicted molar refractivity (Wildman–Crippen MR) is 520 cm³/mol. The van der Waals surface area contributed by atoms with Crippen molar-refractivity contribution >= 4 is 204 Å². The molecular weight excluding hydrogens is 2240 g/mol. The molecule has 62 nitrogen and oxygen atoms in total. The van der Waals surface area contributed by atoms with Crippen molar-refractivity contribution in [2.45, 2.75) is 208 Å². The fourth-order valence-electron chi connectivity index (χ4n) is 17.3. The van der Waals surface area contributed by atoms with E-state index in [9.17, 15) is 53.1 Å². The number of nitrogen functional groups attached to an aromatic ring is 5. The van der Waals surface area contributed by atoms with Gasteiger partial charge in [-0.3, -0.25) is 65.9 Å². The number of hydrogen-bond acceptors (Lipinski definition) is 59. The Hall–Kier alpha value is -7.40. The van der Waals surface area contributed by atoms with Gasteiger partial charge in [0.15, 0.2) is 58.6 Å². The zero-order valence-corrected chi connectivity index (χ0v) is 88.8. The first-order valence-electron chi connectivity index (χ1n) is 44.1. The molecule has 7 fully saturated rings. The lowest BCUT2D eigenvalue weighted by Crippen LogP contribution is -2.40. The number of aliphatic hydroxyl groups is 1. The van der Waals surface area contributed by atoms with E-state index in [0.717, 1.165) is 46.0 Å². The first-order chi connectivity index (χ1) is 69.9. The number of aryl methyl sites for hydroxylation is 3. The van der Waals surface area contributed by atoms with Gasteiger partial charge in [0.05, 0.1) is 108 Å². The lowest BCUT2D eigenvalue weighted by molar-refractivity contribution is -0.221. The Balaban J connectivity index is 0.565. The van der Waals surface area contributed by atoms with Gasteiger partial charge in [-0.25, -0.2) is 64.2 Å². The summed E-state index contributed by atoms with van der Waals surface area (Å²) in [5.74, 6) is -0.487. The maximum atomic E-state index is 15.1. The summed E-state index contributed by atoms with van der Waals surface area (Å²) in [5, 5.41) is 12.3. The van der Waals surface area contributed by atoms with E-state index in [1.54, 1.807) is 6.92 Å². The summed E-state index contributed by atoms with van der Waals surface area (Å²) in [5.41, 5.74) is 26.4. The molecule has 11 aromatic rings. The van der Waals surface area contributed by atoms with E-state index in [1.807, 2.05) is 0 Å². The Kier molecular flexibility index (Phi) is 32.9. The highest BCUT2D eigenvalue weighted by Crippen LogP contribution is 2.57. The molecule has 7 aliphatic heterocycles. The zero-order chi connectivity index (χ0) is 106. The highest BCUT2D eigenvalue weighted by Gasteiger charge is 2.52. The van der Waals surface area contributed by atoms with Crippen LogP contribution in [0.3, 0.4) is 0 Å². The Bertz CT molecular complexity index is 7650. The molecule has 76 heteroatoms. The fourth-order valence-corrected chi connectivity index (χ4v) is 27.0. The second kappa shape index (κ2) is 44.1. The summed E-state index contributed by atoms with van der Waals surface area (Å²) in [6.07, 6.45) is -20.7. The van der Waals surface area contributed by atoms with Gasteiger partial charge >= 0.3 is 17.1 Å². The summed E-state index contributed by atoms with van der Waals surface area (Å²) in [7, 11) is 1.05.